The fraction of sp³-hybridized carbons (Fsp3) is 0.312. The highest BCUT2D eigenvalue weighted by Crippen LogP contribution is 2.30. The molecule has 4 heteroatoms. The molecule has 0 spiro atoms. The summed E-state index contributed by atoms with van der Waals surface area (Å²) < 4.78 is 0. The normalized spacial score (nSPS) is 14.8. The molecule has 2 N–H and O–H groups in total. The zero-order chi connectivity index (χ0) is 13.9. The van der Waals surface area contributed by atoms with Crippen LogP contribution >= 0.6 is 11.3 Å². The van der Waals surface area contributed by atoms with Gasteiger partial charge >= 0.3 is 0 Å². The molecule has 0 saturated carbocycles. The minimum atomic E-state index is -0.347. The zero-order valence-electron chi connectivity index (χ0n) is 11.1. The van der Waals surface area contributed by atoms with Crippen LogP contribution in [0.25, 0.3) is 0 Å². The maximum atomic E-state index is 12.3. The van der Waals surface area contributed by atoms with Gasteiger partial charge in [-0.2, -0.15) is 0 Å². The van der Waals surface area contributed by atoms with Gasteiger partial charge in [0.15, 0.2) is 0 Å². The molecule has 0 bridgehead atoms. The van der Waals surface area contributed by atoms with Crippen molar-refractivity contribution in [1.82, 2.24) is 5.32 Å². The Morgan fingerprint density at radius 2 is 2.10 bits per heavy atom. The lowest BCUT2D eigenvalue weighted by Crippen LogP contribution is -2.30. The summed E-state index contributed by atoms with van der Waals surface area (Å²) in [5.41, 5.74) is 2.24. The summed E-state index contributed by atoms with van der Waals surface area (Å²) in [7, 11) is 0. The molecule has 1 atom stereocenters. The van der Waals surface area contributed by atoms with Gasteiger partial charge in [0.1, 0.15) is 0 Å². The quantitative estimate of drug-likeness (QED) is 0.908. The van der Waals surface area contributed by atoms with Crippen LogP contribution in [0.3, 0.4) is 0 Å². The van der Waals surface area contributed by atoms with E-state index in [9.17, 15) is 9.90 Å². The van der Waals surface area contributed by atoms with Gasteiger partial charge in [0.25, 0.3) is 5.91 Å². The van der Waals surface area contributed by atoms with E-state index in [0.29, 0.717) is 0 Å². The Labute approximate surface area is 122 Å². The van der Waals surface area contributed by atoms with E-state index < -0.39 is 0 Å². The van der Waals surface area contributed by atoms with Gasteiger partial charge in [0.2, 0.25) is 0 Å². The van der Waals surface area contributed by atoms with Crippen molar-refractivity contribution in [3.63, 3.8) is 0 Å². The van der Waals surface area contributed by atoms with Gasteiger partial charge in [-0.1, -0.05) is 30.3 Å². The molecule has 0 aliphatic heterocycles. The van der Waals surface area contributed by atoms with Gasteiger partial charge in [-0.25, -0.2) is 0 Å². The standard InChI is InChI=1S/C16H17NO2S/c18-10-13(11-5-2-1-3-6-11)17-16(19)15-9-12-7-4-8-14(12)20-15/h1-3,5-6,9,13,18H,4,7-8,10H2,(H,17,19)/t13-/m0/s1. The van der Waals surface area contributed by atoms with E-state index in [1.807, 2.05) is 36.4 Å². The Balaban J connectivity index is 1.74. The van der Waals surface area contributed by atoms with E-state index in [1.165, 1.54) is 16.9 Å². The number of rotatable bonds is 4. The summed E-state index contributed by atoms with van der Waals surface area (Å²) in [6.45, 7) is -0.0964. The Morgan fingerprint density at radius 1 is 1.30 bits per heavy atom. The average molecular weight is 287 g/mol. The number of fused-ring (bicyclic) bond motifs is 1. The molecule has 1 heterocycles. The van der Waals surface area contributed by atoms with Gasteiger partial charge in [-0.3, -0.25) is 4.79 Å². The van der Waals surface area contributed by atoms with Crippen molar-refractivity contribution in [3.8, 4) is 0 Å². The van der Waals surface area contributed by atoms with Crippen molar-refractivity contribution in [1.29, 1.82) is 0 Å². The van der Waals surface area contributed by atoms with Crippen molar-refractivity contribution in [2.45, 2.75) is 25.3 Å². The lowest BCUT2D eigenvalue weighted by atomic mass is 10.1. The minimum absolute atomic E-state index is 0.0905. The summed E-state index contributed by atoms with van der Waals surface area (Å²) in [4.78, 5) is 14.4. The van der Waals surface area contributed by atoms with Crippen LogP contribution < -0.4 is 5.32 Å². The van der Waals surface area contributed by atoms with Crippen molar-refractivity contribution in [2.75, 3.05) is 6.61 Å². The van der Waals surface area contributed by atoms with E-state index in [2.05, 4.69) is 5.32 Å². The molecule has 1 aliphatic carbocycles. The Bertz CT molecular complexity index is 585. The molecule has 1 aromatic heterocycles. The van der Waals surface area contributed by atoms with Crippen LogP contribution in [0.15, 0.2) is 36.4 Å². The van der Waals surface area contributed by atoms with E-state index in [0.717, 1.165) is 23.3 Å². The Hall–Kier alpha value is -1.65. The predicted octanol–water partition coefficient (Wildman–Crippen LogP) is 2.70. The molecule has 1 amide bonds. The molecular formula is C16H17NO2S. The van der Waals surface area contributed by atoms with Gasteiger partial charge in [0.05, 0.1) is 17.5 Å². The molecule has 0 unspecified atom stereocenters. The Kier molecular flexibility index (Phi) is 3.85. The topological polar surface area (TPSA) is 49.3 Å². The molecule has 0 radical (unpaired) electrons. The largest absolute Gasteiger partial charge is 0.394 e. The number of hydrogen-bond acceptors (Lipinski definition) is 3. The number of carbonyl (C=O) groups excluding carboxylic acids is 1. The smallest absolute Gasteiger partial charge is 0.261 e. The number of nitrogens with one attached hydrogen (secondary N) is 1. The van der Waals surface area contributed by atoms with Crippen LogP contribution in [-0.4, -0.2) is 17.6 Å². The predicted molar refractivity (Wildman–Crippen MR) is 80.1 cm³/mol. The molecule has 0 fully saturated rings. The zero-order valence-corrected chi connectivity index (χ0v) is 12.0. The third-order valence-corrected chi connectivity index (χ3v) is 4.90. The van der Waals surface area contributed by atoms with Crippen LogP contribution in [0.1, 0.15) is 38.1 Å². The van der Waals surface area contributed by atoms with Gasteiger partial charge in [-0.05, 0) is 36.5 Å². The van der Waals surface area contributed by atoms with Crippen molar-refractivity contribution < 1.29 is 9.90 Å². The highest BCUT2D eigenvalue weighted by Gasteiger charge is 2.20. The number of carbonyl (C=O) groups is 1. The molecule has 3 nitrogen and oxygen atoms in total. The average Bonchev–Trinajstić information content (AvgIpc) is 3.06. The second-order valence-electron chi connectivity index (χ2n) is 5.03. The van der Waals surface area contributed by atoms with Crippen LogP contribution in [0.4, 0.5) is 0 Å². The van der Waals surface area contributed by atoms with Crippen molar-refractivity contribution in [3.05, 3.63) is 57.3 Å². The fourth-order valence-corrected chi connectivity index (χ4v) is 3.75. The van der Waals surface area contributed by atoms with E-state index >= 15 is 0 Å². The van der Waals surface area contributed by atoms with Crippen molar-refractivity contribution in [2.24, 2.45) is 0 Å². The van der Waals surface area contributed by atoms with Crippen LogP contribution in [0, 0.1) is 0 Å². The highest BCUT2D eigenvalue weighted by atomic mass is 32.1. The molecular weight excluding hydrogens is 270 g/mol. The Morgan fingerprint density at radius 3 is 2.80 bits per heavy atom. The first-order valence-electron chi connectivity index (χ1n) is 6.86. The SMILES string of the molecule is O=C(N[C@@H](CO)c1ccccc1)c1cc2c(s1)CCC2. The second kappa shape index (κ2) is 5.77. The summed E-state index contributed by atoms with van der Waals surface area (Å²) in [6, 6.07) is 11.2. The molecule has 3 rings (SSSR count). The maximum absolute atomic E-state index is 12.3. The summed E-state index contributed by atoms with van der Waals surface area (Å²) in [5, 5.41) is 12.4. The lowest BCUT2D eigenvalue weighted by Gasteiger charge is -2.16. The lowest BCUT2D eigenvalue weighted by molar-refractivity contribution is 0.0920. The monoisotopic (exact) mass is 287 g/mol. The molecule has 1 aliphatic rings. The first-order chi connectivity index (χ1) is 9.78. The number of hydrogen-bond donors (Lipinski definition) is 2. The second-order valence-corrected chi connectivity index (χ2v) is 6.17. The summed E-state index contributed by atoms with van der Waals surface area (Å²) >= 11 is 1.58. The van der Waals surface area contributed by atoms with Crippen molar-refractivity contribution >= 4 is 17.2 Å². The van der Waals surface area contributed by atoms with Gasteiger partial charge in [-0.15, -0.1) is 11.3 Å². The molecule has 104 valence electrons. The minimum Gasteiger partial charge on any atom is -0.394 e. The first-order valence-corrected chi connectivity index (χ1v) is 7.68. The van der Waals surface area contributed by atoms with Gasteiger partial charge in [0, 0.05) is 4.88 Å². The third-order valence-electron chi connectivity index (χ3n) is 3.66. The number of amides is 1. The van der Waals surface area contributed by atoms with E-state index in [4.69, 9.17) is 0 Å². The number of aliphatic hydroxyl groups is 1. The molecule has 1 aromatic carbocycles. The summed E-state index contributed by atoms with van der Waals surface area (Å²) in [6.07, 6.45) is 3.38. The first kappa shape index (κ1) is 13.3. The van der Waals surface area contributed by atoms with Gasteiger partial charge < -0.3 is 10.4 Å². The van der Waals surface area contributed by atoms with Crippen LogP contribution in [0.2, 0.25) is 0 Å². The fourth-order valence-electron chi connectivity index (χ4n) is 2.59. The number of aliphatic hydroxyl groups excluding tert-OH is 1. The third kappa shape index (κ3) is 2.62. The number of benzene rings is 1. The number of thiophene rings is 1. The highest BCUT2D eigenvalue weighted by molar-refractivity contribution is 7.14. The van der Waals surface area contributed by atoms with E-state index in [-0.39, 0.29) is 18.6 Å². The molecule has 0 saturated heterocycles. The molecule has 20 heavy (non-hydrogen) atoms. The number of aryl methyl sites for hydroxylation is 2. The summed E-state index contributed by atoms with van der Waals surface area (Å²) in [5.74, 6) is -0.0905. The van der Waals surface area contributed by atoms with Crippen LogP contribution in [-0.2, 0) is 12.8 Å². The molecule has 2 aromatic rings. The van der Waals surface area contributed by atoms with Crippen LogP contribution in [0.5, 0.6) is 0 Å². The maximum Gasteiger partial charge on any atom is 0.261 e. The van der Waals surface area contributed by atoms with E-state index in [1.54, 1.807) is 11.3 Å².